The molecule has 0 saturated heterocycles. The van der Waals surface area contributed by atoms with Gasteiger partial charge in [-0.3, -0.25) is 9.69 Å². The molecule has 0 aromatic heterocycles. The van der Waals surface area contributed by atoms with Crippen molar-refractivity contribution in [2.45, 2.75) is 64.8 Å². The number of fused-ring (bicyclic) bond motifs is 2. The summed E-state index contributed by atoms with van der Waals surface area (Å²) in [5.74, 6) is 0.923. The highest BCUT2D eigenvalue weighted by Crippen LogP contribution is 2.29. The lowest BCUT2D eigenvalue weighted by Gasteiger charge is -2.36. The van der Waals surface area contributed by atoms with Crippen LogP contribution in [0.3, 0.4) is 0 Å². The Balaban J connectivity index is 1.37. The second-order valence-electron chi connectivity index (χ2n) is 13.7. The third-order valence-corrected chi connectivity index (χ3v) is 9.45. The Hall–Kier alpha value is -4.64. The Bertz CT molecular complexity index is 1740. The Kier molecular flexibility index (Phi) is 13.3. The average Bonchev–Trinajstić information content (AvgIpc) is 3.13. The van der Waals surface area contributed by atoms with E-state index in [1.54, 1.807) is 30.2 Å². The van der Waals surface area contributed by atoms with Crippen molar-refractivity contribution >= 4 is 34.1 Å². The predicted octanol–water partition coefficient (Wildman–Crippen LogP) is 7.42. The smallest absolute Gasteiger partial charge is 0.323 e. The largest absolute Gasteiger partial charge is 0.497 e. The van der Waals surface area contributed by atoms with Gasteiger partial charge in [0, 0.05) is 43.2 Å². The fraction of sp³-hybridized carbons (Fsp3) is 0.415. The fourth-order valence-electron chi connectivity index (χ4n) is 6.50. The number of ether oxygens (including phenoxy) is 3. The Morgan fingerprint density at radius 1 is 1.02 bits per heavy atom. The summed E-state index contributed by atoms with van der Waals surface area (Å²) in [6.07, 6.45) is 2.28. The highest BCUT2D eigenvalue weighted by Gasteiger charge is 2.30. The molecule has 0 bridgehead atoms. The first-order valence-electron chi connectivity index (χ1n) is 17.9. The molecule has 10 nitrogen and oxygen atoms in total. The van der Waals surface area contributed by atoms with Crippen LogP contribution >= 0.6 is 0 Å². The van der Waals surface area contributed by atoms with Crippen LogP contribution in [0.15, 0.2) is 84.9 Å². The standard InChI is InChI=1S/C41H52N4O6/c1-28-24-45(29(2)27-46)40(47)36-23-33(42-41(48)43-37-15-10-13-32-12-6-7-14-35(32)37)18-21-38(36)51-30(3)11-8-9-22-50-39(28)26-44(4)25-31-16-19-34(49-5)20-17-31/h6-7,10,12-21,23,28-30,39,46H,8-9,11,22,24-27H2,1-5H3,(H2,42,43,48)/t28-,29-,30-,39+/m0/s1. The van der Waals surface area contributed by atoms with Gasteiger partial charge >= 0.3 is 6.03 Å². The number of nitrogens with zero attached hydrogens (tertiary/aromatic N) is 2. The molecule has 272 valence electrons. The minimum atomic E-state index is -0.470. The Labute approximate surface area is 301 Å². The molecule has 10 heteroatoms. The number of methoxy groups -OCH3 is 1. The molecule has 0 aliphatic carbocycles. The summed E-state index contributed by atoms with van der Waals surface area (Å²) in [5.41, 5.74) is 2.62. The number of hydrogen-bond acceptors (Lipinski definition) is 7. The summed E-state index contributed by atoms with van der Waals surface area (Å²) in [6.45, 7) is 8.08. The van der Waals surface area contributed by atoms with E-state index in [1.165, 1.54) is 5.56 Å². The number of urea groups is 1. The fourth-order valence-corrected chi connectivity index (χ4v) is 6.50. The number of aliphatic hydroxyl groups excluding tert-OH is 1. The van der Waals surface area contributed by atoms with Crippen molar-refractivity contribution in [1.29, 1.82) is 0 Å². The van der Waals surface area contributed by atoms with Gasteiger partial charge in [0.25, 0.3) is 5.91 Å². The predicted molar refractivity (Wildman–Crippen MR) is 203 cm³/mol. The number of nitrogens with one attached hydrogen (secondary N) is 2. The van der Waals surface area contributed by atoms with Gasteiger partial charge < -0.3 is 34.9 Å². The molecule has 1 aliphatic rings. The molecule has 4 aromatic rings. The van der Waals surface area contributed by atoms with Gasteiger partial charge in [0.1, 0.15) is 11.5 Å². The topological polar surface area (TPSA) is 113 Å². The maximum Gasteiger partial charge on any atom is 0.323 e. The number of amides is 3. The van der Waals surface area contributed by atoms with Crippen LogP contribution in [-0.2, 0) is 11.3 Å². The monoisotopic (exact) mass is 696 g/mol. The number of likely N-dealkylation sites (N-methyl/N-ethyl adjacent to an activating group) is 1. The lowest BCUT2D eigenvalue weighted by atomic mass is 10.0. The van der Waals surface area contributed by atoms with Crippen molar-refractivity contribution < 1.29 is 28.9 Å². The van der Waals surface area contributed by atoms with Gasteiger partial charge in [-0.05, 0) is 87.5 Å². The average molecular weight is 697 g/mol. The van der Waals surface area contributed by atoms with E-state index in [0.717, 1.165) is 42.3 Å². The number of hydrogen-bond donors (Lipinski definition) is 3. The van der Waals surface area contributed by atoms with Gasteiger partial charge in [0.05, 0.1) is 43.2 Å². The van der Waals surface area contributed by atoms with Crippen molar-refractivity contribution in [2.75, 3.05) is 51.1 Å². The van der Waals surface area contributed by atoms with Crippen LogP contribution in [0.25, 0.3) is 10.8 Å². The van der Waals surface area contributed by atoms with Crippen LogP contribution in [0.2, 0.25) is 0 Å². The maximum absolute atomic E-state index is 14.5. The van der Waals surface area contributed by atoms with E-state index in [9.17, 15) is 14.7 Å². The quantitative estimate of drug-likeness (QED) is 0.167. The lowest BCUT2D eigenvalue weighted by molar-refractivity contribution is -0.0177. The molecule has 4 aromatic carbocycles. The summed E-state index contributed by atoms with van der Waals surface area (Å²) < 4.78 is 18.2. The summed E-state index contributed by atoms with van der Waals surface area (Å²) in [6, 6.07) is 25.9. The molecule has 1 aliphatic heterocycles. The molecule has 0 spiro atoms. The zero-order valence-corrected chi connectivity index (χ0v) is 30.4. The molecule has 4 atom stereocenters. The number of carbonyl (C=O) groups is 2. The van der Waals surface area contributed by atoms with Crippen molar-refractivity contribution in [1.82, 2.24) is 9.80 Å². The molecule has 3 amide bonds. The first kappa shape index (κ1) is 37.6. The van der Waals surface area contributed by atoms with Crippen LogP contribution in [0.4, 0.5) is 16.2 Å². The molecular weight excluding hydrogens is 644 g/mol. The molecular formula is C41H52N4O6. The van der Waals surface area contributed by atoms with E-state index < -0.39 is 12.1 Å². The molecule has 0 radical (unpaired) electrons. The molecule has 51 heavy (non-hydrogen) atoms. The van der Waals surface area contributed by atoms with Crippen LogP contribution < -0.4 is 20.1 Å². The zero-order valence-electron chi connectivity index (χ0n) is 30.4. The Morgan fingerprint density at radius 3 is 2.55 bits per heavy atom. The van der Waals surface area contributed by atoms with Crippen LogP contribution in [0.5, 0.6) is 11.5 Å². The van der Waals surface area contributed by atoms with Gasteiger partial charge in [-0.2, -0.15) is 0 Å². The van der Waals surface area contributed by atoms with Gasteiger partial charge in [0.2, 0.25) is 0 Å². The van der Waals surface area contributed by atoms with E-state index >= 15 is 0 Å². The third-order valence-electron chi connectivity index (χ3n) is 9.45. The normalized spacial score (nSPS) is 19.5. The third kappa shape index (κ3) is 10.2. The second kappa shape index (κ2) is 18.0. The maximum atomic E-state index is 14.5. The van der Waals surface area contributed by atoms with E-state index in [1.807, 2.05) is 68.4 Å². The van der Waals surface area contributed by atoms with E-state index in [-0.39, 0.29) is 30.6 Å². The molecule has 0 fully saturated rings. The summed E-state index contributed by atoms with van der Waals surface area (Å²) in [7, 11) is 3.74. The van der Waals surface area contributed by atoms with E-state index in [2.05, 4.69) is 41.6 Å². The van der Waals surface area contributed by atoms with Crippen molar-refractivity contribution in [2.24, 2.45) is 5.92 Å². The summed E-state index contributed by atoms with van der Waals surface area (Å²) in [4.78, 5) is 31.7. The molecule has 3 N–H and O–H groups in total. The molecule has 0 unspecified atom stereocenters. The van der Waals surface area contributed by atoms with E-state index in [0.29, 0.717) is 42.4 Å². The number of benzene rings is 4. The summed E-state index contributed by atoms with van der Waals surface area (Å²) in [5, 5.41) is 18.1. The number of aliphatic hydroxyl groups is 1. The summed E-state index contributed by atoms with van der Waals surface area (Å²) >= 11 is 0. The highest BCUT2D eigenvalue weighted by molar-refractivity contribution is 6.07. The molecule has 1 heterocycles. The van der Waals surface area contributed by atoms with Gasteiger partial charge in [-0.25, -0.2) is 4.79 Å². The first-order chi connectivity index (χ1) is 24.6. The molecule has 5 rings (SSSR count). The van der Waals surface area contributed by atoms with Gasteiger partial charge in [0.15, 0.2) is 0 Å². The van der Waals surface area contributed by atoms with Crippen LogP contribution in [-0.4, -0.2) is 85.6 Å². The van der Waals surface area contributed by atoms with Gasteiger partial charge in [-0.1, -0.05) is 55.5 Å². The first-order valence-corrected chi connectivity index (χ1v) is 17.9. The highest BCUT2D eigenvalue weighted by atomic mass is 16.5. The van der Waals surface area contributed by atoms with Crippen molar-refractivity contribution in [3.05, 3.63) is 96.1 Å². The molecule has 0 saturated carbocycles. The van der Waals surface area contributed by atoms with Crippen molar-refractivity contribution in [3.63, 3.8) is 0 Å². The Morgan fingerprint density at radius 2 is 1.78 bits per heavy atom. The minimum Gasteiger partial charge on any atom is -0.497 e. The van der Waals surface area contributed by atoms with Crippen LogP contribution in [0.1, 0.15) is 56.0 Å². The SMILES string of the molecule is COc1ccc(CN(C)C[C@H]2OCCCC[C@H](C)Oc3ccc(NC(=O)Nc4cccc5ccccc45)cc3C(=O)N([C@@H](C)CO)C[C@@H]2C)cc1. The van der Waals surface area contributed by atoms with Gasteiger partial charge in [-0.15, -0.1) is 0 Å². The van der Waals surface area contributed by atoms with E-state index in [4.69, 9.17) is 14.2 Å². The van der Waals surface area contributed by atoms with Crippen LogP contribution in [0, 0.1) is 5.92 Å². The zero-order chi connectivity index (χ0) is 36.3. The second-order valence-corrected chi connectivity index (χ2v) is 13.7. The number of anilines is 2. The number of rotatable bonds is 9. The number of carbonyl (C=O) groups excluding carboxylic acids is 2. The van der Waals surface area contributed by atoms with Crippen molar-refractivity contribution in [3.8, 4) is 11.5 Å². The minimum absolute atomic E-state index is 0.0553. The lowest BCUT2D eigenvalue weighted by Crippen LogP contribution is -2.47.